The van der Waals surface area contributed by atoms with Crippen LogP contribution < -0.4 is 10.1 Å². The van der Waals surface area contributed by atoms with Gasteiger partial charge in [0, 0.05) is 26.2 Å². The SMILES string of the molecule is Cn1cc(CCC(=O)NCC(O)c2ccc(OC(F)F)cc2)cn1. The van der Waals surface area contributed by atoms with Crippen molar-refractivity contribution in [3.8, 4) is 5.75 Å². The van der Waals surface area contributed by atoms with Crippen molar-refractivity contribution in [2.45, 2.75) is 25.6 Å². The van der Waals surface area contributed by atoms with Crippen LogP contribution in [-0.2, 0) is 18.3 Å². The molecule has 0 aliphatic carbocycles. The van der Waals surface area contributed by atoms with E-state index in [-0.39, 0.29) is 18.2 Å². The van der Waals surface area contributed by atoms with Gasteiger partial charge >= 0.3 is 6.61 Å². The fourth-order valence-corrected chi connectivity index (χ4v) is 2.15. The summed E-state index contributed by atoms with van der Waals surface area (Å²) in [5.41, 5.74) is 1.46. The maximum atomic E-state index is 12.1. The van der Waals surface area contributed by atoms with Gasteiger partial charge in [-0.1, -0.05) is 12.1 Å². The molecule has 2 rings (SSSR count). The first-order valence-electron chi connectivity index (χ1n) is 7.41. The van der Waals surface area contributed by atoms with Crippen molar-refractivity contribution >= 4 is 5.91 Å². The molecule has 0 aliphatic heterocycles. The van der Waals surface area contributed by atoms with E-state index in [1.165, 1.54) is 24.3 Å². The zero-order valence-electron chi connectivity index (χ0n) is 13.2. The Labute approximate surface area is 138 Å². The lowest BCUT2D eigenvalue weighted by Gasteiger charge is -2.13. The third-order valence-electron chi connectivity index (χ3n) is 3.38. The molecule has 2 aromatic rings. The molecule has 1 amide bonds. The summed E-state index contributed by atoms with van der Waals surface area (Å²) in [6.45, 7) is -2.85. The normalized spacial score (nSPS) is 12.2. The first-order chi connectivity index (χ1) is 11.4. The average molecular weight is 339 g/mol. The third-order valence-corrected chi connectivity index (χ3v) is 3.38. The monoisotopic (exact) mass is 339 g/mol. The first-order valence-corrected chi connectivity index (χ1v) is 7.41. The summed E-state index contributed by atoms with van der Waals surface area (Å²) in [5, 5.41) is 16.7. The van der Waals surface area contributed by atoms with Crippen molar-refractivity contribution in [2.75, 3.05) is 6.54 Å². The number of hydrogen-bond acceptors (Lipinski definition) is 4. The Bertz CT molecular complexity index is 659. The van der Waals surface area contributed by atoms with Crippen molar-refractivity contribution in [1.29, 1.82) is 0 Å². The highest BCUT2D eigenvalue weighted by Crippen LogP contribution is 2.19. The fraction of sp³-hybridized carbons (Fsp3) is 0.375. The largest absolute Gasteiger partial charge is 0.435 e. The number of aromatic nitrogens is 2. The quantitative estimate of drug-likeness (QED) is 0.769. The molecule has 0 spiro atoms. The van der Waals surface area contributed by atoms with Crippen LogP contribution in [0.3, 0.4) is 0 Å². The summed E-state index contributed by atoms with van der Waals surface area (Å²) in [7, 11) is 1.80. The minimum atomic E-state index is -2.89. The van der Waals surface area contributed by atoms with Crippen molar-refractivity contribution in [3.05, 3.63) is 47.8 Å². The van der Waals surface area contributed by atoms with E-state index in [0.717, 1.165) is 5.56 Å². The standard InChI is InChI=1S/C16H19F2N3O3/c1-21-10-11(8-20-21)2-7-15(23)19-9-14(22)12-3-5-13(6-4-12)24-16(17)18/h3-6,8,10,14,16,22H,2,7,9H2,1H3,(H,19,23). The number of aryl methyl sites for hydroxylation is 2. The Hall–Kier alpha value is -2.48. The predicted octanol–water partition coefficient (Wildman–Crippen LogP) is 1.80. The van der Waals surface area contributed by atoms with Gasteiger partial charge in [0.2, 0.25) is 5.91 Å². The zero-order chi connectivity index (χ0) is 17.5. The van der Waals surface area contributed by atoms with Crippen LogP contribution in [0.25, 0.3) is 0 Å². The number of carbonyl (C=O) groups excluding carboxylic acids is 1. The molecule has 1 aromatic heterocycles. The first kappa shape index (κ1) is 17.9. The molecule has 0 bridgehead atoms. The number of hydrogen-bond donors (Lipinski definition) is 2. The Morgan fingerprint density at radius 2 is 2.08 bits per heavy atom. The Morgan fingerprint density at radius 1 is 1.38 bits per heavy atom. The van der Waals surface area contributed by atoms with E-state index in [2.05, 4.69) is 15.2 Å². The minimum absolute atomic E-state index is 0.0152. The molecule has 1 heterocycles. The molecular weight excluding hydrogens is 320 g/mol. The summed E-state index contributed by atoms with van der Waals surface area (Å²) >= 11 is 0. The number of amides is 1. The smallest absolute Gasteiger partial charge is 0.387 e. The second-order valence-electron chi connectivity index (χ2n) is 5.29. The van der Waals surface area contributed by atoms with E-state index in [0.29, 0.717) is 18.4 Å². The predicted molar refractivity (Wildman–Crippen MR) is 82.6 cm³/mol. The molecule has 24 heavy (non-hydrogen) atoms. The van der Waals surface area contributed by atoms with E-state index < -0.39 is 12.7 Å². The van der Waals surface area contributed by atoms with Crippen LogP contribution in [0, 0.1) is 0 Å². The molecule has 6 nitrogen and oxygen atoms in total. The van der Waals surface area contributed by atoms with Gasteiger partial charge < -0.3 is 15.2 Å². The van der Waals surface area contributed by atoms with Gasteiger partial charge in [-0.25, -0.2) is 0 Å². The summed E-state index contributed by atoms with van der Waals surface area (Å²) in [4.78, 5) is 11.8. The second kappa shape index (κ2) is 8.39. The molecule has 0 saturated heterocycles. The van der Waals surface area contributed by atoms with E-state index in [1.54, 1.807) is 17.9 Å². The number of benzene rings is 1. The molecular formula is C16H19F2N3O3. The van der Waals surface area contributed by atoms with E-state index in [4.69, 9.17) is 0 Å². The molecule has 1 unspecified atom stereocenters. The minimum Gasteiger partial charge on any atom is -0.435 e. The molecule has 0 radical (unpaired) electrons. The molecule has 0 fully saturated rings. The number of nitrogens with one attached hydrogen (secondary N) is 1. The number of halogens is 2. The van der Waals surface area contributed by atoms with Gasteiger partial charge in [-0.2, -0.15) is 13.9 Å². The second-order valence-corrected chi connectivity index (χ2v) is 5.29. The van der Waals surface area contributed by atoms with Gasteiger partial charge in [-0.3, -0.25) is 9.48 Å². The van der Waals surface area contributed by atoms with E-state index in [1.807, 2.05) is 6.20 Å². The highest BCUT2D eigenvalue weighted by molar-refractivity contribution is 5.76. The van der Waals surface area contributed by atoms with Crippen molar-refractivity contribution in [3.63, 3.8) is 0 Å². The zero-order valence-corrected chi connectivity index (χ0v) is 13.2. The fourth-order valence-electron chi connectivity index (χ4n) is 2.15. The van der Waals surface area contributed by atoms with Gasteiger partial charge in [0.15, 0.2) is 0 Å². The van der Waals surface area contributed by atoms with Gasteiger partial charge in [-0.15, -0.1) is 0 Å². The molecule has 0 saturated carbocycles. The molecule has 0 aliphatic rings. The Morgan fingerprint density at radius 3 is 2.67 bits per heavy atom. The van der Waals surface area contributed by atoms with Crippen LogP contribution in [0.1, 0.15) is 23.7 Å². The lowest BCUT2D eigenvalue weighted by atomic mass is 10.1. The molecule has 1 aromatic carbocycles. The topological polar surface area (TPSA) is 76.4 Å². The lowest BCUT2D eigenvalue weighted by molar-refractivity contribution is -0.121. The number of alkyl halides is 2. The van der Waals surface area contributed by atoms with Crippen molar-refractivity contribution in [2.24, 2.45) is 7.05 Å². The van der Waals surface area contributed by atoms with Crippen LogP contribution in [0.5, 0.6) is 5.75 Å². The van der Waals surface area contributed by atoms with Gasteiger partial charge in [0.1, 0.15) is 5.75 Å². The Balaban J connectivity index is 1.75. The van der Waals surface area contributed by atoms with Crippen LogP contribution >= 0.6 is 0 Å². The number of aliphatic hydroxyl groups is 1. The molecule has 130 valence electrons. The maximum Gasteiger partial charge on any atom is 0.387 e. The van der Waals surface area contributed by atoms with Crippen LogP contribution in [0.2, 0.25) is 0 Å². The molecule has 1 atom stereocenters. The summed E-state index contributed by atoms with van der Waals surface area (Å²) < 4.78 is 30.0. The lowest BCUT2D eigenvalue weighted by Crippen LogP contribution is -2.28. The summed E-state index contributed by atoms with van der Waals surface area (Å²) in [6.07, 6.45) is 3.47. The van der Waals surface area contributed by atoms with E-state index in [9.17, 15) is 18.7 Å². The number of carbonyl (C=O) groups is 1. The average Bonchev–Trinajstić information content (AvgIpc) is 2.96. The molecule has 2 N–H and O–H groups in total. The summed E-state index contributed by atoms with van der Waals surface area (Å²) in [6, 6.07) is 5.64. The highest BCUT2D eigenvalue weighted by Gasteiger charge is 2.11. The number of ether oxygens (including phenoxy) is 1. The van der Waals surface area contributed by atoms with Crippen LogP contribution in [-0.4, -0.2) is 34.0 Å². The van der Waals surface area contributed by atoms with Gasteiger partial charge in [0.25, 0.3) is 0 Å². The van der Waals surface area contributed by atoms with Crippen molar-refractivity contribution in [1.82, 2.24) is 15.1 Å². The third kappa shape index (κ3) is 5.62. The summed E-state index contributed by atoms with van der Waals surface area (Å²) in [5.74, 6) is -0.169. The van der Waals surface area contributed by atoms with Crippen LogP contribution in [0.15, 0.2) is 36.7 Å². The Kier molecular flexibility index (Phi) is 6.25. The van der Waals surface area contributed by atoms with E-state index >= 15 is 0 Å². The van der Waals surface area contributed by atoms with Crippen LogP contribution in [0.4, 0.5) is 8.78 Å². The number of aliphatic hydroxyl groups excluding tert-OH is 1. The van der Waals surface area contributed by atoms with Crippen molar-refractivity contribution < 1.29 is 23.4 Å². The maximum absolute atomic E-state index is 12.1. The van der Waals surface area contributed by atoms with Gasteiger partial charge in [-0.05, 0) is 29.7 Å². The highest BCUT2D eigenvalue weighted by atomic mass is 19.3. The number of nitrogens with zero attached hydrogens (tertiary/aromatic N) is 2. The number of rotatable bonds is 8. The van der Waals surface area contributed by atoms with Gasteiger partial charge in [0.05, 0.1) is 12.3 Å². The molecule has 8 heteroatoms.